The molecule has 0 radical (unpaired) electrons. The summed E-state index contributed by atoms with van der Waals surface area (Å²) in [4.78, 5) is 32.6. The van der Waals surface area contributed by atoms with Gasteiger partial charge in [0.1, 0.15) is 12.4 Å². The summed E-state index contributed by atoms with van der Waals surface area (Å²) in [5, 5.41) is 0. The molecular formula is C38H46N6O6S. The Labute approximate surface area is 300 Å². The predicted molar refractivity (Wildman–Crippen MR) is 195 cm³/mol. The van der Waals surface area contributed by atoms with Gasteiger partial charge in [-0.1, -0.05) is 51.1 Å². The number of pyridine rings is 1. The molecule has 2 aromatic carbocycles. The van der Waals surface area contributed by atoms with Crippen molar-refractivity contribution in [3.05, 3.63) is 89.1 Å². The first-order valence-electron chi connectivity index (χ1n) is 17.1. The second-order valence-electron chi connectivity index (χ2n) is 14.3. The molecule has 0 saturated carbocycles. The fourth-order valence-electron chi connectivity index (χ4n) is 6.72. The molecule has 12 nitrogen and oxygen atoms in total. The number of fused-ring (bicyclic) bond motifs is 4. The topological polar surface area (TPSA) is 136 Å². The normalized spacial score (nSPS) is 19.3. The number of methoxy groups -OCH3 is 1. The third kappa shape index (κ3) is 8.49. The molecule has 13 heteroatoms. The number of aromatic nitrogens is 3. The SMILES string of the molecule is COC[C@@H]1COCCN1c1cccc(CN2C(=O)c3cccc(c3)S(=O)(=O)Nc3nc(cc(-c4c(C)cccc4C)n3)OC[C@H]2CC(C)(C)C)n1. The minimum Gasteiger partial charge on any atom is -0.475 e. The van der Waals surface area contributed by atoms with Crippen molar-refractivity contribution in [2.45, 2.75) is 64.6 Å². The average Bonchev–Trinajstić information content (AvgIpc) is 3.08. The van der Waals surface area contributed by atoms with Crippen molar-refractivity contribution in [2.75, 3.05) is 49.7 Å². The summed E-state index contributed by atoms with van der Waals surface area (Å²) in [6, 6.07) is 19.0. The van der Waals surface area contributed by atoms with Crippen LogP contribution in [0.15, 0.2) is 71.6 Å². The van der Waals surface area contributed by atoms with E-state index >= 15 is 0 Å². The average molecular weight is 715 g/mol. The lowest BCUT2D eigenvalue weighted by Crippen LogP contribution is -2.48. The Bertz CT molecular complexity index is 1980. The minimum absolute atomic E-state index is 0.00477. The van der Waals surface area contributed by atoms with Gasteiger partial charge in [0.2, 0.25) is 11.8 Å². The summed E-state index contributed by atoms with van der Waals surface area (Å²) < 4.78 is 47.6. The summed E-state index contributed by atoms with van der Waals surface area (Å²) in [6.45, 7) is 12.8. The van der Waals surface area contributed by atoms with E-state index in [2.05, 4.69) is 40.4 Å². The maximum Gasteiger partial charge on any atom is 0.264 e. The smallest absolute Gasteiger partial charge is 0.264 e. The molecule has 51 heavy (non-hydrogen) atoms. The highest BCUT2D eigenvalue weighted by molar-refractivity contribution is 7.92. The standard InChI is InChI=1S/C38H46N6O6S/c1-25-10-7-11-26(2)35(25)32-19-34-41-37(40-32)42-51(46,47)31-14-8-12-27(18-31)36(45)44(29(24-50-34)20-38(3,4)5)21-28-13-9-15-33(39-28)43-16-17-49-23-30(43)22-48-6/h7-15,18-19,29-30H,16-17,20-24H2,1-6H3,(H,40,41,42)/t29-,30-/m1/s1. The molecule has 1 fully saturated rings. The van der Waals surface area contributed by atoms with Crippen LogP contribution in [0.3, 0.4) is 0 Å². The van der Waals surface area contributed by atoms with E-state index in [9.17, 15) is 13.2 Å². The van der Waals surface area contributed by atoms with Gasteiger partial charge < -0.3 is 24.0 Å². The van der Waals surface area contributed by atoms with Crippen LogP contribution < -0.4 is 14.4 Å². The molecule has 6 rings (SSSR count). The number of nitrogens with one attached hydrogen (secondary N) is 1. The number of aryl methyl sites for hydroxylation is 2. The number of carbonyl (C=O) groups excluding carboxylic acids is 1. The number of hydrogen-bond donors (Lipinski definition) is 1. The summed E-state index contributed by atoms with van der Waals surface area (Å²) in [5.41, 5.74) is 4.03. The molecule has 1 amide bonds. The van der Waals surface area contributed by atoms with Crippen LogP contribution in [0.2, 0.25) is 0 Å². The zero-order valence-electron chi connectivity index (χ0n) is 30.0. The summed E-state index contributed by atoms with van der Waals surface area (Å²) in [5.74, 6) is 0.496. The molecule has 2 aromatic heterocycles. The van der Waals surface area contributed by atoms with Gasteiger partial charge in [-0.15, -0.1) is 0 Å². The zero-order valence-corrected chi connectivity index (χ0v) is 30.9. The van der Waals surface area contributed by atoms with E-state index in [0.29, 0.717) is 44.2 Å². The van der Waals surface area contributed by atoms with Crippen molar-refractivity contribution in [3.8, 4) is 17.1 Å². The molecule has 0 aliphatic carbocycles. The third-order valence-electron chi connectivity index (χ3n) is 9.04. The van der Waals surface area contributed by atoms with Gasteiger partial charge in [-0.3, -0.25) is 4.79 Å². The quantitative estimate of drug-likeness (QED) is 0.256. The van der Waals surface area contributed by atoms with Crippen LogP contribution in [0.4, 0.5) is 11.8 Å². The van der Waals surface area contributed by atoms with Gasteiger partial charge in [0.15, 0.2) is 0 Å². The fourth-order valence-corrected chi connectivity index (χ4v) is 7.71. The van der Waals surface area contributed by atoms with Crippen molar-refractivity contribution in [3.63, 3.8) is 0 Å². The predicted octanol–water partition coefficient (Wildman–Crippen LogP) is 5.65. The molecule has 0 spiro atoms. The molecule has 4 heterocycles. The maximum atomic E-state index is 14.6. The Morgan fingerprint density at radius 1 is 0.941 bits per heavy atom. The number of nitrogens with zero attached hydrogens (tertiary/aromatic N) is 5. The first-order valence-corrected chi connectivity index (χ1v) is 18.6. The Morgan fingerprint density at radius 2 is 1.69 bits per heavy atom. The van der Waals surface area contributed by atoms with E-state index in [1.54, 1.807) is 30.2 Å². The fraction of sp³-hybridized carbons (Fsp3) is 0.421. The van der Waals surface area contributed by atoms with E-state index in [1.807, 2.05) is 50.2 Å². The van der Waals surface area contributed by atoms with Crippen LogP contribution in [-0.2, 0) is 26.0 Å². The second-order valence-corrected chi connectivity index (χ2v) is 16.0. The highest BCUT2D eigenvalue weighted by atomic mass is 32.2. The Morgan fingerprint density at radius 3 is 2.43 bits per heavy atom. The first kappa shape index (κ1) is 36.2. The monoisotopic (exact) mass is 714 g/mol. The Kier molecular flexibility index (Phi) is 10.6. The van der Waals surface area contributed by atoms with Crippen LogP contribution >= 0.6 is 0 Å². The van der Waals surface area contributed by atoms with Crippen molar-refractivity contribution in [2.24, 2.45) is 5.41 Å². The molecule has 2 atom stereocenters. The molecule has 0 unspecified atom stereocenters. The van der Waals surface area contributed by atoms with Crippen LogP contribution in [-0.4, -0.2) is 86.3 Å². The van der Waals surface area contributed by atoms with Gasteiger partial charge in [-0.05, 0) is 67.1 Å². The summed E-state index contributed by atoms with van der Waals surface area (Å²) in [6.07, 6.45) is 0.579. The molecule has 4 aromatic rings. The number of hydrogen-bond acceptors (Lipinski definition) is 10. The van der Waals surface area contributed by atoms with E-state index < -0.39 is 16.1 Å². The van der Waals surface area contributed by atoms with Gasteiger partial charge in [0, 0.05) is 30.8 Å². The van der Waals surface area contributed by atoms with Crippen LogP contribution in [0, 0.1) is 19.3 Å². The molecular weight excluding hydrogens is 669 g/mol. The number of anilines is 2. The number of morpholine rings is 1. The number of sulfonamides is 1. The second kappa shape index (κ2) is 14.9. The van der Waals surface area contributed by atoms with E-state index in [-0.39, 0.29) is 52.8 Å². The van der Waals surface area contributed by atoms with E-state index in [0.717, 1.165) is 22.5 Å². The largest absolute Gasteiger partial charge is 0.475 e. The lowest BCUT2D eigenvalue weighted by molar-refractivity contribution is 0.0508. The number of ether oxygens (including phenoxy) is 3. The molecule has 1 saturated heterocycles. The maximum absolute atomic E-state index is 14.6. The van der Waals surface area contributed by atoms with Gasteiger partial charge in [-0.2, -0.15) is 4.98 Å². The van der Waals surface area contributed by atoms with Crippen LogP contribution in [0.1, 0.15) is 54.4 Å². The first-order chi connectivity index (χ1) is 24.3. The van der Waals surface area contributed by atoms with Crippen molar-refractivity contribution >= 4 is 27.7 Å². The number of benzene rings is 2. The summed E-state index contributed by atoms with van der Waals surface area (Å²) in [7, 11) is -2.52. The van der Waals surface area contributed by atoms with Crippen LogP contribution in [0.5, 0.6) is 5.88 Å². The summed E-state index contributed by atoms with van der Waals surface area (Å²) >= 11 is 0. The molecule has 4 bridgehead atoms. The van der Waals surface area contributed by atoms with E-state index in [1.165, 1.54) is 12.1 Å². The minimum atomic E-state index is -4.19. The van der Waals surface area contributed by atoms with Crippen molar-refractivity contribution in [1.29, 1.82) is 0 Å². The Balaban J connectivity index is 1.45. The highest BCUT2D eigenvalue weighted by Gasteiger charge is 2.32. The van der Waals surface area contributed by atoms with E-state index in [4.69, 9.17) is 19.2 Å². The number of rotatable bonds is 7. The molecule has 1 N–H and O–H groups in total. The van der Waals surface area contributed by atoms with Gasteiger partial charge in [-0.25, -0.2) is 23.1 Å². The zero-order chi connectivity index (χ0) is 36.3. The van der Waals surface area contributed by atoms with Crippen molar-refractivity contribution < 1.29 is 27.4 Å². The van der Waals surface area contributed by atoms with Gasteiger partial charge in [0.25, 0.3) is 15.9 Å². The van der Waals surface area contributed by atoms with Gasteiger partial charge >= 0.3 is 0 Å². The number of amides is 1. The Hall–Kier alpha value is -4.59. The van der Waals surface area contributed by atoms with Crippen LogP contribution in [0.25, 0.3) is 11.3 Å². The molecule has 270 valence electrons. The lowest BCUT2D eigenvalue weighted by atomic mass is 9.87. The molecule has 2 aliphatic heterocycles. The third-order valence-corrected chi connectivity index (χ3v) is 10.4. The molecule has 2 aliphatic rings. The number of carbonyl (C=O) groups is 1. The highest BCUT2D eigenvalue weighted by Crippen LogP contribution is 2.32. The van der Waals surface area contributed by atoms with Crippen molar-refractivity contribution in [1.82, 2.24) is 19.9 Å². The van der Waals surface area contributed by atoms with Gasteiger partial charge in [0.05, 0.1) is 54.7 Å². The lowest BCUT2D eigenvalue weighted by Gasteiger charge is -2.37.